The number of carbonyl (C=O) groups is 1. The average Bonchev–Trinajstić information content (AvgIpc) is 2.36. The van der Waals surface area contributed by atoms with Crippen LogP contribution in [0, 0.1) is 0 Å². The van der Waals surface area contributed by atoms with E-state index in [1.165, 1.54) is 6.07 Å². The molecule has 2 aromatic carbocycles. The topological polar surface area (TPSA) is 78.3 Å². The third kappa shape index (κ3) is 3.10. The van der Waals surface area contributed by atoms with Crippen LogP contribution in [0.1, 0.15) is 10.4 Å². The second kappa shape index (κ2) is 5.38. The van der Waals surface area contributed by atoms with Crippen molar-refractivity contribution in [2.45, 2.75) is 0 Å². The van der Waals surface area contributed by atoms with Gasteiger partial charge in [0.2, 0.25) is 0 Å². The number of carbonyl (C=O) groups excluding carboxylic acids is 1. The van der Waals surface area contributed by atoms with Crippen LogP contribution in [0.15, 0.2) is 36.4 Å². The third-order valence-corrected chi connectivity index (χ3v) is 3.16. The van der Waals surface area contributed by atoms with Crippen molar-refractivity contribution in [3.05, 3.63) is 52.0 Å². The van der Waals surface area contributed by atoms with Gasteiger partial charge in [-0.1, -0.05) is 23.2 Å². The lowest BCUT2D eigenvalue weighted by molar-refractivity contribution is 0.100. The van der Waals surface area contributed by atoms with Gasteiger partial charge in [-0.05, 0) is 30.3 Å². The van der Waals surface area contributed by atoms with Gasteiger partial charge in [0.1, 0.15) is 11.5 Å². The molecule has 2 rings (SSSR count). The Hall–Kier alpha value is -1.91. The summed E-state index contributed by atoms with van der Waals surface area (Å²) in [7, 11) is 0. The molecule has 0 heterocycles. The fourth-order valence-electron chi connectivity index (χ4n) is 1.49. The quantitative estimate of drug-likeness (QED) is 0.851. The summed E-state index contributed by atoms with van der Waals surface area (Å²) in [4.78, 5) is 11.2. The van der Waals surface area contributed by atoms with E-state index in [0.29, 0.717) is 27.2 Å². The Balaban J connectivity index is 2.30. The summed E-state index contributed by atoms with van der Waals surface area (Å²) in [5.74, 6) is 0.313. The van der Waals surface area contributed by atoms with Gasteiger partial charge >= 0.3 is 0 Å². The van der Waals surface area contributed by atoms with Gasteiger partial charge in [-0.3, -0.25) is 4.79 Å². The molecule has 6 heteroatoms. The Bertz CT molecular complexity index is 645. The molecule has 0 bridgehead atoms. The van der Waals surface area contributed by atoms with Gasteiger partial charge in [-0.25, -0.2) is 0 Å². The molecule has 0 saturated heterocycles. The third-order valence-electron chi connectivity index (χ3n) is 2.42. The second-order valence-corrected chi connectivity index (χ2v) is 4.61. The Morgan fingerprint density at radius 3 is 2.26 bits per heavy atom. The SMILES string of the molecule is NC(=O)c1cc(Oc2ccc(Cl)c(Cl)c2)ccc1N. The Labute approximate surface area is 119 Å². The first-order valence-electron chi connectivity index (χ1n) is 5.29. The number of hydrogen-bond acceptors (Lipinski definition) is 3. The van der Waals surface area contributed by atoms with Crippen LogP contribution in [0.2, 0.25) is 10.0 Å². The maximum absolute atomic E-state index is 11.2. The van der Waals surface area contributed by atoms with Crippen molar-refractivity contribution in [3.8, 4) is 11.5 Å². The van der Waals surface area contributed by atoms with Crippen molar-refractivity contribution in [2.75, 3.05) is 5.73 Å². The van der Waals surface area contributed by atoms with Crippen LogP contribution >= 0.6 is 23.2 Å². The molecular formula is C13H10Cl2N2O2. The molecule has 0 aliphatic heterocycles. The summed E-state index contributed by atoms with van der Waals surface area (Å²) in [6, 6.07) is 9.50. The van der Waals surface area contributed by atoms with Gasteiger partial charge in [0.15, 0.2) is 0 Å². The maximum atomic E-state index is 11.2. The van der Waals surface area contributed by atoms with Crippen LogP contribution in [-0.4, -0.2) is 5.91 Å². The van der Waals surface area contributed by atoms with E-state index < -0.39 is 5.91 Å². The molecule has 4 N–H and O–H groups in total. The molecule has 0 spiro atoms. The highest BCUT2D eigenvalue weighted by Crippen LogP contribution is 2.30. The first-order valence-corrected chi connectivity index (χ1v) is 6.05. The summed E-state index contributed by atoms with van der Waals surface area (Å²) in [6.45, 7) is 0. The smallest absolute Gasteiger partial charge is 0.250 e. The van der Waals surface area contributed by atoms with Crippen LogP contribution < -0.4 is 16.2 Å². The molecular weight excluding hydrogens is 287 g/mol. The number of nitrogens with two attached hydrogens (primary N) is 2. The molecule has 1 amide bonds. The van der Waals surface area contributed by atoms with Gasteiger partial charge in [-0.15, -0.1) is 0 Å². The summed E-state index contributed by atoms with van der Waals surface area (Å²) < 4.78 is 5.55. The average molecular weight is 297 g/mol. The molecule has 0 aromatic heterocycles. The number of anilines is 1. The highest BCUT2D eigenvalue weighted by molar-refractivity contribution is 6.42. The zero-order chi connectivity index (χ0) is 14.0. The molecule has 0 fully saturated rings. The number of hydrogen-bond donors (Lipinski definition) is 2. The Morgan fingerprint density at radius 1 is 1.00 bits per heavy atom. The molecule has 0 unspecified atom stereocenters. The van der Waals surface area contributed by atoms with Gasteiger partial charge in [0.05, 0.1) is 15.6 Å². The van der Waals surface area contributed by atoms with E-state index in [2.05, 4.69) is 0 Å². The highest BCUT2D eigenvalue weighted by atomic mass is 35.5. The highest BCUT2D eigenvalue weighted by Gasteiger charge is 2.08. The number of nitrogen functional groups attached to an aromatic ring is 1. The van der Waals surface area contributed by atoms with Gasteiger partial charge < -0.3 is 16.2 Å². The fourth-order valence-corrected chi connectivity index (χ4v) is 1.78. The lowest BCUT2D eigenvalue weighted by atomic mass is 10.1. The number of halogens is 2. The fraction of sp³-hybridized carbons (Fsp3) is 0. The van der Waals surface area contributed by atoms with Crippen molar-refractivity contribution in [2.24, 2.45) is 5.73 Å². The molecule has 0 radical (unpaired) electrons. The second-order valence-electron chi connectivity index (χ2n) is 3.79. The first-order chi connectivity index (χ1) is 8.97. The van der Waals surface area contributed by atoms with Crippen molar-refractivity contribution >= 4 is 34.8 Å². The first kappa shape index (κ1) is 13.5. The summed E-state index contributed by atoms with van der Waals surface area (Å²) in [6.07, 6.45) is 0. The summed E-state index contributed by atoms with van der Waals surface area (Å²) in [5.41, 5.74) is 11.3. The van der Waals surface area contributed by atoms with Crippen LogP contribution in [0.5, 0.6) is 11.5 Å². The largest absolute Gasteiger partial charge is 0.457 e. The molecule has 98 valence electrons. The number of amides is 1. The van der Waals surface area contributed by atoms with Crippen LogP contribution in [-0.2, 0) is 0 Å². The summed E-state index contributed by atoms with van der Waals surface area (Å²) in [5, 5.41) is 0.814. The Morgan fingerprint density at radius 2 is 1.63 bits per heavy atom. The molecule has 0 aliphatic carbocycles. The standard InChI is InChI=1S/C13H10Cl2N2O2/c14-10-3-1-8(6-11(10)15)19-7-2-4-12(16)9(5-7)13(17)18/h1-6H,16H2,(H2,17,18). The van der Waals surface area contributed by atoms with E-state index in [-0.39, 0.29) is 5.56 Å². The van der Waals surface area contributed by atoms with E-state index in [4.69, 9.17) is 39.4 Å². The summed E-state index contributed by atoms with van der Waals surface area (Å²) >= 11 is 11.7. The molecule has 4 nitrogen and oxygen atoms in total. The van der Waals surface area contributed by atoms with Crippen LogP contribution in [0.4, 0.5) is 5.69 Å². The van der Waals surface area contributed by atoms with Gasteiger partial charge in [0.25, 0.3) is 5.91 Å². The van der Waals surface area contributed by atoms with Crippen molar-refractivity contribution in [1.82, 2.24) is 0 Å². The lowest BCUT2D eigenvalue weighted by Gasteiger charge is -2.09. The predicted octanol–water partition coefficient (Wildman–Crippen LogP) is 3.47. The van der Waals surface area contributed by atoms with E-state index >= 15 is 0 Å². The van der Waals surface area contributed by atoms with E-state index in [1.807, 2.05) is 0 Å². The molecule has 2 aromatic rings. The van der Waals surface area contributed by atoms with E-state index in [0.717, 1.165) is 0 Å². The number of primary amides is 1. The number of benzene rings is 2. The van der Waals surface area contributed by atoms with Crippen molar-refractivity contribution in [3.63, 3.8) is 0 Å². The molecule has 0 aliphatic rings. The zero-order valence-corrected chi connectivity index (χ0v) is 11.2. The van der Waals surface area contributed by atoms with E-state index in [9.17, 15) is 4.79 Å². The molecule has 19 heavy (non-hydrogen) atoms. The van der Waals surface area contributed by atoms with Crippen molar-refractivity contribution < 1.29 is 9.53 Å². The van der Waals surface area contributed by atoms with Crippen LogP contribution in [0.25, 0.3) is 0 Å². The minimum absolute atomic E-state index is 0.206. The number of rotatable bonds is 3. The van der Waals surface area contributed by atoms with E-state index in [1.54, 1.807) is 30.3 Å². The van der Waals surface area contributed by atoms with Gasteiger partial charge in [0, 0.05) is 11.8 Å². The van der Waals surface area contributed by atoms with Crippen LogP contribution in [0.3, 0.4) is 0 Å². The van der Waals surface area contributed by atoms with Crippen molar-refractivity contribution in [1.29, 1.82) is 0 Å². The normalized spacial score (nSPS) is 10.2. The minimum atomic E-state index is -0.614. The minimum Gasteiger partial charge on any atom is -0.457 e. The van der Waals surface area contributed by atoms with Gasteiger partial charge in [-0.2, -0.15) is 0 Å². The Kier molecular flexibility index (Phi) is 3.83. The number of ether oxygens (including phenoxy) is 1. The molecule has 0 saturated carbocycles. The lowest BCUT2D eigenvalue weighted by Crippen LogP contribution is -2.13. The predicted molar refractivity (Wildman–Crippen MR) is 75.9 cm³/mol. The monoisotopic (exact) mass is 296 g/mol. The zero-order valence-electron chi connectivity index (χ0n) is 9.69. The molecule has 0 atom stereocenters. The maximum Gasteiger partial charge on any atom is 0.250 e.